The summed E-state index contributed by atoms with van der Waals surface area (Å²) in [4.78, 5) is 29.3. The van der Waals surface area contributed by atoms with Crippen molar-refractivity contribution >= 4 is 39.1 Å². The Labute approximate surface area is 243 Å². The minimum absolute atomic E-state index is 0.0963. The third kappa shape index (κ3) is 8.83. The topological polar surface area (TPSA) is 86.8 Å². The number of aryl methyl sites for hydroxylation is 2. The van der Waals surface area contributed by atoms with Gasteiger partial charge in [0, 0.05) is 24.0 Å². The Balaban J connectivity index is 2.07. The van der Waals surface area contributed by atoms with Crippen LogP contribution >= 0.6 is 11.6 Å². The molecule has 0 aliphatic heterocycles. The molecule has 1 N–H and O–H groups in total. The molecule has 9 heteroatoms. The van der Waals surface area contributed by atoms with Crippen LogP contribution in [0, 0.1) is 13.8 Å². The largest absolute Gasteiger partial charge is 0.352 e. The van der Waals surface area contributed by atoms with Gasteiger partial charge in [-0.2, -0.15) is 0 Å². The van der Waals surface area contributed by atoms with E-state index >= 15 is 0 Å². The standard InChI is InChI=1S/C31H38ClN3O4S/c1-6-24(4)33-31(37)29(19-25-10-8-7-9-11-25)34(20-26-12-14-27(32)15-13-26)30(36)21-35(40(5,38)39)28-17-22(2)16-23(3)18-28/h7-18,24,29H,6,19-21H2,1-5H3,(H,33,37). The molecule has 0 aliphatic carbocycles. The Morgan fingerprint density at radius 1 is 0.925 bits per heavy atom. The molecule has 40 heavy (non-hydrogen) atoms. The molecule has 0 bridgehead atoms. The number of nitrogens with one attached hydrogen (secondary N) is 1. The van der Waals surface area contributed by atoms with Crippen LogP contribution in [0.25, 0.3) is 0 Å². The minimum Gasteiger partial charge on any atom is -0.352 e. The molecule has 0 heterocycles. The first-order valence-corrected chi connectivity index (χ1v) is 15.5. The lowest BCUT2D eigenvalue weighted by atomic mass is 10.0. The number of hydrogen-bond donors (Lipinski definition) is 1. The van der Waals surface area contributed by atoms with Crippen molar-refractivity contribution in [2.45, 2.75) is 59.2 Å². The molecule has 0 spiro atoms. The van der Waals surface area contributed by atoms with Crippen molar-refractivity contribution in [3.05, 3.63) is 100 Å². The number of hydrogen-bond acceptors (Lipinski definition) is 4. The van der Waals surface area contributed by atoms with E-state index in [0.717, 1.165) is 39.2 Å². The van der Waals surface area contributed by atoms with Crippen molar-refractivity contribution in [2.24, 2.45) is 0 Å². The predicted octanol–water partition coefficient (Wildman–Crippen LogP) is 5.28. The third-order valence-electron chi connectivity index (χ3n) is 6.71. The Hall–Kier alpha value is -3.36. The molecule has 0 radical (unpaired) electrons. The fourth-order valence-electron chi connectivity index (χ4n) is 4.49. The van der Waals surface area contributed by atoms with Gasteiger partial charge in [-0.05, 0) is 73.7 Å². The second kappa shape index (κ2) is 13.8. The highest BCUT2D eigenvalue weighted by atomic mass is 35.5. The highest BCUT2D eigenvalue weighted by molar-refractivity contribution is 7.92. The van der Waals surface area contributed by atoms with Gasteiger partial charge < -0.3 is 10.2 Å². The predicted molar refractivity (Wildman–Crippen MR) is 162 cm³/mol. The number of amides is 2. The summed E-state index contributed by atoms with van der Waals surface area (Å²) in [5.74, 6) is -0.780. The van der Waals surface area contributed by atoms with Crippen molar-refractivity contribution in [3.63, 3.8) is 0 Å². The van der Waals surface area contributed by atoms with E-state index in [-0.39, 0.29) is 24.9 Å². The maximum atomic E-state index is 14.1. The monoisotopic (exact) mass is 583 g/mol. The first kappa shape index (κ1) is 31.2. The SMILES string of the molecule is CCC(C)NC(=O)C(Cc1ccccc1)N(Cc1ccc(Cl)cc1)C(=O)CN(c1cc(C)cc(C)c1)S(C)(=O)=O. The van der Waals surface area contributed by atoms with Crippen LogP contribution in [-0.4, -0.2) is 50.0 Å². The van der Waals surface area contributed by atoms with Gasteiger partial charge in [0.2, 0.25) is 21.8 Å². The first-order chi connectivity index (χ1) is 18.9. The molecule has 0 aliphatic rings. The number of anilines is 1. The fourth-order valence-corrected chi connectivity index (χ4v) is 5.45. The van der Waals surface area contributed by atoms with Crippen LogP contribution in [0.4, 0.5) is 5.69 Å². The zero-order chi connectivity index (χ0) is 29.4. The van der Waals surface area contributed by atoms with Crippen molar-refractivity contribution in [3.8, 4) is 0 Å². The summed E-state index contributed by atoms with van der Waals surface area (Å²) in [7, 11) is -3.82. The van der Waals surface area contributed by atoms with Gasteiger partial charge >= 0.3 is 0 Å². The number of halogens is 1. The fraction of sp³-hybridized carbons (Fsp3) is 0.355. The van der Waals surface area contributed by atoms with Crippen LogP contribution in [0.15, 0.2) is 72.8 Å². The van der Waals surface area contributed by atoms with Crippen molar-refractivity contribution < 1.29 is 18.0 Å². The summed E-state index contributed by atoms with van der Waals surface area (Å²) < 4.78 is 27.0. The number of carbonyl (C=O) groups excluding carboxylic acids is 2. The Bertz CT molecular complexity index is 1390. The van der Waals surface area contributed by atoms with Crippen LogP contribution in [0.1, 0.15) is 42.5 Å². The molecule has 0 aromatic heterocycles. The second-order valence-electron chi connectivity index (χ2n) is 10.3. The van der Waals surface area contributed by atoms with E-state index in [1.807, 2.05) is 64.1 Å². The van der Waals surface area contributed by atoms with E-state index in [1.165, 1.54) is 4.90 Å². The van der Waals surface area contributed by atoms with Crippen LogP contribution in [0.3, 0.4) is 0 Å². The van der Waals surface area contributed by atoms with Gasteiger partial charge in [-0.25, -0.2) is 8.42 Å². The number of nitrogens with zero attached hydrogens (tertiary/aromatic N) is 2. The molecule has 3 rings (SSSR count). The lowest BCUT2D eigenvalue weighted by Gasteiger charge is -2.34. The molecular formula is C31H38ClN3O4S. The highest BCUT2D eigenvalue weighted by Crippen LogP contribution is 2.23. The number of rotatable bonds is 12. The molecule has 2 unspecified atom stereocenters. The number of benzene rings is 3. The van der Waals surface area contributed by atoms with Gasteiger partial charge in [-0.1, -0.05) is 67.1 Å². The molecule has 0 saturated carbocycles. The first-order valence-electron chi connectivity index (χ1n) is 13.3. The number of carbonyl (C=O) groups is 2. The van der Waals surface area contributed by atoms with E-state index in [2.05, 4.69) is 5.32 Å². The lowest BCUT2D eigenvalue weighted by molar-refractivity contribution is -0.140. The number of sulfonamides is 1. The molecule has 3 aromatic rings. The van der Waals surface area contributed by atoms with Gasteiger partial charge in [0.25, 0.3) is 0 Å². The summed E-state index contributed by atoms with van der Waals surface area (Å²) >= 11 is 6.10. The molecule has 0 fully saturated rings. The summed E-state index contributed by atoms with van der Waals surface area (Å²) in [6.07, 6.45) is 2.08. The maximum Gasteiger partial charge on any atom is 0.244 e. The highest BCUT2D eigenvalue weighted by Gasteiger charge is 2.33. The second-order valence-corrected chi connectivity index (χ2v) is 12.6. The van der Waals surface area contributed by atoms with Crippen LogP contribution in [0.2, 0.25) is 5.02 Å². The Morgan fingerprint density at radius 3 is 2.08 bits per heavy atom. The maximum absolute atomic E-state index is 14.1. The molecule has 2 atom stereocenters. The molecule has 214 valence electrons. The third-order valence-corrected chi connectivity index (χ3v) is 8.10. The minimum atomic E-state index is -3.82. The summed E-state index contributed by atoms with van der Waals surface area (Å²) in [5.41, 5.74) is 3.82. The molecule has 0 saturated heterocycles. The van der Waals surface area contributed by atoms with Crippen LogP contribution < -0.4 is 9.62 Å². The van der Waals surface area contributed by atoms with E-state index in [1.54, 1.807) is 36.4 Å². The van der Waals surface area contributed by atoms with Crippen molar-refractivity contribution in [1.29, 1.82) is 0 Å². The van der Waals surface area contributed by atoms with Gasteiger partial charge in [-0.15, -0.1) is 0 Å². The average Bonchev–Trinajstić information content (AvgIpc) is 2.89. The zero-order valence-corrected chi connectivity index (χ0v) is 25.3. The molecular weight excluding hydrogens is 546 g/mol. The molecule has 3 aromatic carbocycles. The van der Waals surface area contributed by atoms with Gasteiger partial charge in [0.1, 0.15) is 12.6 Å². The summed E-state index contributed by atoms with van der Waals surface area (Å²) in [5, 5.41) is 3.58. The zero-order valence-electron chi connectivity index (χ0n) is 23.7. The normalized spacial score (nSPS) is 12.8. The van der Waals surface area contributed by atoms with Gasteiger partial charge in [0.05, 0.1) is 11.9 Å². The average molecular weight is 584 g/mol. The Kier molecular flexibility index (Phi) is 10.8. The smallest absolute Gasteiger partial charge is 0.244 e. The van der Waals surface area contributed by atoms with E-state index in [0.29, 0.717) is 10.7 Å². The molecule has 7 nitrogen and oxygen atoms in total. The summed E-state index contributed by atoms with van der Waals surface area (Å²) in [6, 6.07) is 21.0. The quantitative estimate of drug-likeness (QED) is 0.314. The van der Waals surface area contributed by atoms with Crippen LogP contribution in [0.5, 0.6) is 0 Å². The van der Waals surface area contributed by atoms with E-state index in [9.17, 15) is 18.0 Å². The molecule has 2 amide bonds. The summed E-state index contributed by atoms with van der Waals surface area (Å²) in [6.45, 7) is 7.29. The van der Waals surface area contributed by atoms with Crippen LogP contribution in [-0.2, 0) is 32.6 Å². The van der Waals surface area contributed by atoms with Crippen molar-refractivity contribution in [2.75, 3.05) is 17.1 Å². The van der Waals surface area contributed by atoms with E-state index < -0.39 is 28.5 Å². The van der Waals surface area contributed by atoms with E-state index in [4.69, 9.17) is 11.6 Å². The lowest BCUT2D eigenvalue weighted by Crippen LogP contribution is -2.54. The van der Waals surface area contributed by atoms with Gasteiger partial charge in [-0.3, -0.25) is 13.9 Å². The van der Waals surface area contributed by atoms with Crippen molar-refractivity contribution in [1.82, 2.24) is 10.2 Å². The van der Waals surface area contributed by atoms with Gasteiger partial charge in [0.15, 0.2) is 0 Å². The Morgan fingerprint density at radius 2 is 1.52 bits per heavy atom.